The number of hydrogen-bond donors (Lipinski definition) is 1. The van der Waals surface area contributed by atoms with Crippen LogP contribution in [0.2, 0.25) is 0 Å². The quantitative estimate of drug-likeness (QED) is 0.775. The molecule has 0 aliphatic rings. The molecule has 1 N–H and O–H groups in total. The summed E-state index contributed by atoms with van der Waals surface area (Å²) in [4.78, 5) is 22.3. The molecule has 1 aromatic carbocycles. The molecule has 2 rings (SSSR count). The van der Waals surface area contributed by atoms with Gasteiger partial charge in [0.2, 0.25) is 5.43 Å². The molecule has 14 heavy (non-hydrogen) atoms. The molecule has 0 fully saturated rings. The van der Waals surface area contributed by atoms with Crippen molar-refractivity contribution in [2.75, 3.05) is 0 Å². The third-order valence-electron chi connectivity index (χ3n) is 2.02. The Hall–Kier alpha value is -1.60. The lowest BCUT2D eigenvalue weighted by Gasteiger charge is -1.97. The minimum atomic E-state index is -1.14. The van der Waals surface area contributed by atoms with Crippen LogP contribution >= 0.6 is 8.19 Å². The van der Waals surface area contributed by atoms with Crippen molar-refractivity contribution < 1.29 is 9.90 Å². The Kier molecular flexibility index (Phi) is 2.10. The summed E-state index contributed by atoms with van der Waals surface area (Å²) in [5, 5.41) is 10.2. The summed E-state index contributed by atoms with van der Waals surface area (Å²) in [6.07, 6.45) is 0. The summed E-state index contributed by atoms with van der Waals surface area (Å²) in [6.45, 7) is 0. The second kappa shape index (κ2) is 3.28. The van der Waals surface area contributed by atoms with Crippen LogP contribution in [-0.2, 0) is 0 Å². The van der Waals surface area contributed by atoms with E-state index in [1.165, 1.54) is 5.80 Å². The van der Waals surface area contributed by atoms with Crippen molar-refractivity contribution in [2.45, 2.75) is 0 Å². The van der Waals surface area contributed by atoms with Gasteiger partial charge in [0.25, 0.3) is 0 Å². The zero-order valence-corrected chi connectivity index (χ0v) is 8.15. The van der Waals surface area contributed by atoms with Gasteiger partial charge in [0.1, 0.15) is 5.56 Å². The van der Waals surface area contributed by atoms with Crippen molar-refractivity contribution in [1.29, 1.82) is 0 Å². The highest BCUT2D eigenvalue weighted by Gasteiger charge is 2.09. The minimum Gasteiger partial charge on any atom is -0.478 e. The zero-order valence-electron chi connectivity index (χ0n) is 7.15. The van der Waals surface area contributed by atoms with E-state index < -0.39 is 5.97 Å². The molecule has 1 unspecified atom stereocenters. The Bertz CT molecular complexity index is 557. The fourth-order valence-electron chi connectivity index (χ4n) is 1.33. The number of hydrogen-bond acceptors (Lipinski definition) is 2. The summed E-state index contributed by atoms with van der Waals surface area (Å²) >= 11 is 0. The number of carboxylic acids is 1. The van der Waals surface area contributed by atoms with Crippen molar-refractivity contribution in [3.63, 3.8) is 0 Å². The third-order valence-corrected chi connectivity index (χ3v) is 3.20. The zero-order chi connectivity index (χ0) is 10.1. The normalized spacial score (nSPS) is 10.9. The number of aromatic carboxylic acids is 1. The average molecular weight is 206 g/mol. The molecule has 1 aromatic heterocycles. The highest BCUT2D eigenvalue weighted by atomic mass is 31.0. The van der Waals surface area contributed by atoms with Gasteiger partial charge in [-0.25, -0.2) is 4.79 Å². The van der Waals surface area contributed by atoms with Crippen molar-refractivity contribution in [3.8, 4) is 0 Å². The van der Waals surface area contributed by atoms with E-state index in [0.717, 1.165) is 5.12 Å². The largest absolute Gasteiger partial charge is 0.478 e. The van der Waals surface area contributed by atoms with Gasteiger partial charge in [-0.2, -0.15) is 0 Å². The second-order valence-corrected chi connectivity index (χ2v) is 4.00. The Labute approximate surface area is 81.1 Å². The highest BCUT2D eigenvalue weighted by Crippen LogP contribution is 2.20. The van der Waals surface area contributed by atoms with Crippen LogP contribution in [0.5, 0.6) is 0 Å². The summed E-state index contributed by atoms with van der Waals surface area (Å²) in [7, 11) is 0.268. The molecule has 0 aliphatic carbocycles. The Morgan fingerprint density at radius 1 is 1.29 bits per heavy atom. The van der Waals surface area contributed by atoms with E-state index in [-0.39, 0.29) is 19.2 Å². The van der Waals surface area contributed by atoms with Crippen molar-refractivity contribution in [3.05, 3.63) is 45.9 Å². The lowest BCUT2D eigenvalue weighted by Crippen LogP contribution is -2.12. The van der Waals surface area contributed by atoms with Crippen LogP contribution in [-0.4, -0.2) is 11.1 Å². The van der Waals surface area contributed by atoms with E-state index in [1.54, 1.807) is 12.1 Å². The number of carbonyl (C=O) groups is 1. The molecule has 70 valence electrons. The lowest BCUT2D eigenvalue weighted by atomic mass is 10.2. The smallest absolute Gasteiger partial charge is 0.340 e. The fraction of sp³-hybridized carbons (Fsp3) is 0. The minimum absolute atomic E-state index is 0.109. The molecule has 0 saturated heterocycles. The van der Waals surface area contributed by atoms with Gasteiger partial charge < -0.3 is 5.11 Å². The first-order chi connectivity index (χ1) is 6.70. The Morgan fingerprint density at radius 2 is 2.00 bits per heavy atom. The number of benzene rings is 1. The molecule has 0 spiro atoms. The molecule has 0 aliphatic heterocycles. The van der Waals surface area contributed by atoms with Crippen molar-refractivity contribution in [1.82, 2.24) is 0 Å². The second-order valence-electron chi connectivity index (χ2n) is 2.88. The van der Waals surface area contributed by atoms with Crippen LogP contribution in [0.1, 0.15) is 10.4 Å². The highest BCUT2D eigenvalue weighted by molar-refractivity contribution is 7.36. The van der Waals surface area contributed by atoms with Crippen LogP contribution < -0.4 is 5.43 Å². The Balaban J connectivity index is 2.89. The lowest BCUT2D eigenvalue weighted by molar-refractivity contribution is 0.0696. The molecular weight excluding hydrogens is 199 g/mol. The first kappa shape index (κ1) is 8.97. The van der Waals surface area contributed by atoms with Gasteiger partial charge in [-0.1, -0.05) is 24.3 Å². The van der Waals surface area contributed by atoms with Crippen LogP contribution in [0.4, 0.5) is 0 Å². The maximum absolute atomic E-state index is 11.6. The number of rotatable bonds is 1. The molecule has 1 heterocycles. The molecule has 4 heteroatoms. The summed E-state index contributed by atoms with van der Waals surface area (Å²) in [5.74, 6) is 0.351. The van der Waals surface area contributed by atoms with E-state index >= 15 is 0 Å². The van der Waals surface area contributed by atoms with Gasteiger partial charge in [-0.3, -0.25) is 4.79 Å². The molecule has 0 radical (unpaired) electrons. The maximum Gasteiger partial charge on any atom is 0.340 e. The molecule has 0 bridgehead atoms. The molecule has 0 saturated carbocycles. The van der Waals surface area contributed by atoms with Gasteiger partial charge in [0.15, 0.2) is 0 Å². The van der Waals surface area contributed by atoms with Gasteiger partial charge in [-0.15, -0.1) is 8.19 Å². The topological polar surface area (TPSA) is 54.4 Å². The van der Waals surface area contributed by atoms with E-state index in [0.29, 0.717) is 5.39 Å². The van der Waals surface area contributed by atoms with E-state index in [1.807, 2.05) is 12.1 Å². The Morgan fingerprint density at radius 3 is 2.71 bits per heavy atom. The van der Waals surface area contributed by atoms with E-state index in [2.05, 4.69) is 0 Å². The van der Waals surface area contributed by atoms with Gasteiger partial charge in [0.05, 0.1) is 0 Å². The monoisotopic (exact) mass is 206 g/mol. The number of fused-ring (bicyclic) bond motifs is 1. The molecule has 2 aromatic rings. The first-order valence-electron chi connectivity index (χ1n) is 4.04. The predicted molar refractivity (Wildman–Crippen MR) is 56.7 cm³/mol. The van der Waals surface area contributed by atoms with E-state index in [9.17, 15) is 9.59 Å². The summed E-state index contributed by atoms with van der Waals surface area (Å²) < 4.78 is 0. The van der Waals surface area contributed by atoms with Gasteiger partial charge in [-0.05, 0) is 5.80 Å². The molecule has 1 atom stereocenters. The molecule has 0 amide bonds. The number of carboxylic acid groups (broad SMARTS) is 1. The van der Waals surface area contributed by atoms with Crippen molar-refractivity contribution >= 4 is 24.7 Å². The van der Waals surface area contributed by atoms with E-state index in [4.69, 9.17) is 5.11 Å². The average Bonchev–Trinajstić information content (AvgIpc) is 2.18. The van der Waals surface area contributed by atoms with Crippen LogP contribution in [0.3, 0.4) is 0 Å². The summed E-state index contributed by atoms with van der Waals surface area (Å²) in [6, 6.07) is 7.10. The van der Waals surface area contributed by atoms with Crippen molar-refractivity contribution in [2.24, 2.45) is 0 Å². The first-order valence-corrected chi connectivity index (χ1v) is 5.11. The molecule has 3 nitrogen and oxygen atoms in total. The van der Waals surface area contributed by atoms with Crippen LogP contribution in [0, 0.1) is 0 Å². The standard InChI is InChI=1S/C10H7O3P/c11-9-6-3-1-2-4-8(6)14-5-7(9)10(12)13/h1-5,14H,(H,12,13). The third kappa shape index (κ3) is 1.32. The fourth-order valence-corrected chi connectivity index (χ4v) is 2.43. The van der Waals surface area contributed by atoms with Crippen LogP contribution in [0.15, 0.2) is 34.9 Å². The van der Waals surface area contributed by atoms with Gasteiger partial charge >= 0.3 is 5.97 Å². The van der Waals surface area contributed by atoms with Crippen LogP contribution in [0.25, 0.3) is 10.5 Å². The summed E-state index contributed by atoms with van der Waals surface area (Å²) in [5.41, 5.74) is -0.492. The van der Waals surface area contributed by atoms with Gasteiger partial charge in [0, 0.05) is 10.5 Å². The predicted octanol–water partition coefficient (Wildman–Crippen LogP) is 1.93. The maximum atomic E-state index is 11.6. The SMILES string of the molecule is O=C(O)c1c[pH]c2ccccc2c1=O. The molecular formula is C10H7O3P.